The van der Waals surface area contributed by atoms with E-state index in [-0.39, 0.29) is 28.9 Å². The Morgan fingerprint density at radius 1 is 1.29 bits per heavy atom. The van der Waals surface area contributed by atoms with Crippen LogP contribution in [0, 0.1) is 30.1 Å². The number of aliphatic hydroxyl groups excluding tert-OH is 1. The average molecular weight is 537 g/mol. The van der Waals surface area contributed by atoms with Crippen molar-refractivity contribution in [2.75, 3.05) is 5.32 Å². The van der Waals surface area contributed by atoms with E-state index in [0.29, 0.717) is 47.6 Å². The maximum absolute atomic E-state index is 13.6. The molecule has 0 radical (unpaired) electrons. The van der Waals surface area contributed by atoms with Crippen molar-refractivity contribution >= 4 is 28.2 Å². The van der Waals surface area contributed by atoms with Crippen LogP contribution in [0.15, 0.2) is 30.2 Å². The zero-order valence-corrected chi connectivity index (χ0v) is 24.0. The Bertz CT molecular complexity index is 1290. The number of phenols is 1. The number of aromatic hydroxyl groups is 1. The quantitative estimate of drug-likeness (QED) is 0.283. The van der Waals surface area contributed by atoms with Gasteiger partial charge in [0, 0.05) is 28.5 Å². The van der Waals surface area contributed by atoms with Gasteiger partial charge in [0.25, 0.3) is 0 Å². The number of amides is 1. The highest BCUT2D eigenvalue weighted by atomic mass is 32.1. The van der Waals surface area contributed by atoms with Gasteiger partial charge in [0.1, 0.15) is 5.75 Å². The van der Waals surface area contributed by atoms with E-state index in [1.807, 2.05) is 13.0 Å². The lowest BCUT2D eigenvalue weighted by Gasteiger charge is -2.50. The van der Waals surface area contributed by atoms with Crippen LogP contribution in [0.3, 0.4) is 0 Å². The first-order chi connectivity index (χ1) is 17.9. The Labute approximate surface area is 229 Å². The van der Waals surface area contributed by atoms with Gasteiger partial charge in [-0.3, -0.25) is 9.59 Å². The third kappa shape index (κ3) is 4.57. The number of aromatic nitrogens is 1. The normalized spacial score (nSPS) is 29.6. The van der Waals surface area contributed by atoms with E-state index < -0.39 is 5.41 Å². The van der Waals surface area contributed by atoms with Crippen molar-refractivity contribution in [3.63, 3.8) is 0 Å². The molecule has 3 unspecified atom stereocenters. The molecule has 1 heterocycles. The highest BCUT2D eigenvalue weighted by Gasteiger charge is 2.60. The molecule has 1 aromatic heterocycles. The number of thiazole rings is 1. The van der Waals surface area contributed by atoms with Gasteiger partial charge in [0.05, 0.1) is 6.26 Å². The van der Waals surface area contributed by atoms with Gasteiger partial charge in [0.15, 0.2) is 10.9 Å². The molecule has 5 atom stereocenters. The number of aryl methyl sites for hydroxylation is 2. The van der Waals surface area contributed by atoms with E-state index in [1.165, 1.54) is 22.5 Å². The van der Waals surface area contributed by atoms with Crippen molar-refractivity contribution in [1.82, 2.24) is 4.98 Å². The monoisotopic (exact) mass is 536 g/mol. The summed E-state index contributed by atoms with van der Waals surface area (Å²) in [5.41, 5.74) is 3.43. The number of nitrogens with zero attached hydrogens (tertiary/aromatic N) is 1. The van der Waals surface area contributed by atoms with Gasteiger partial charge in [-0.2, -0.15) is 0 Å². The molecular formula is C31H40N2O4S. The molecule has 204 valence electrons. The van der Waals surface area contributed by atoms with Gasteiger partial charge in [0.2, 0.25) is 5.91 Å². The minimum atomic E-state index is -0.484. The number of hydrogen-bond acceptors (Lipinski definition) is 6. The van der Waals surface area contributed by atoms with Crippen LogP contribution in [0.2, 0.25) is 0 Å². The van der Waals surface area contributed by atoms with E-state index in [9.17, 15) is 19.8 Å². The number of carbonyl (C=O) groups excluding carboxylic acids is 2. The summed E-state index contributed by atoms with van der Waals surface area (Å²) in [6, 6.07) is 4.20. The number of ketones is 1. The van der Waals surface area contributed by atoms with Crippen molar-refractivity contribution in [2.45, 2.75) is 90.9 Å². The number of allylic oxidation sites excluding steroid dienone is 1. The first kappa shape index (κ1) is 26.9. The van der Waals surface area contributed by atoms with E-state index in [2.05, 4.69) is 44.1 Å². The molecule has 2 saturated carbocycles. The molecule has 3 aliphatic carbocycles. The SMILES string of the molecule is Cc1cnc(NC(=O)CCC[C@@H]2/C(=C/O)C(=O)[C@@]3(C)CCC4c5cc(C(C)(C)C)c(O)cc5CCC4C23)s1. The molecular weight excluding hydrogens is 496 g/mol. The molecule has 3 aliphatic rings. The van der Waals surface area contributed by atoms with Crippen LogP contribution in [-0.4, -0.2) is 26.9 Å². The second-order valence-electron chi connectivity index (χ2n) is 12.8. The van der Waals surface area contributed by atoms with E-state index in [0.717, 1.165) is 42.4 Å². The van der Waals surface area contributed by atoms with E-state index >= 15 is 0 Å². The summed E-state index contributed by atoms with van der Waals surface area (Å²) in [6.07, 6.45) is 8.08. The lowest BCUT2D eigenvalue weighted by molar-refractivity contribution is -0.127. The second kappa shape index (κ2) is 9.82. The van der Waals surface area contributed by atoms with Gasteiger partial charge in [-0.1, -0.05) is 33.8 Å². The third-order valence-electron chi connectivity index (χ3n) is 9.44. The topological polar surface area (TPSA) is 99.5 Å². The minimum Gasteiger partial charge on any atom is -0.515 e. The lowest BCUT2D eigenvalue weighted by atomic mass is 9.53. The molecule has 0 saturated heterocycles. The molecule has 0 spiro atoms. The van der Waals surface area contributed by atoms with Crippen LogP contribution >= 0.6 is 11.3 Å². The molecule has 7 heteroatoms. The Kier molecular flexibility index (Phi) is 6.95. The number of Topliss-reactive ketones (excluding diaryl/α,β-unsaturated/α-hetero) is 1. The van der Waals surface area contributed by atoms with E-state index in [4.69, 9.17) is 0 Å². The van der Waals surface area contributed by atoms with Crippen molar-refractivity contribution < 1.29 is 19.8 Å². The fourth-order valence-electron chi connectivity index (χ4n) is 7.72. The number of benzene rings is 1. The first-order valence-corrected chi connectivity index (χ1v) is 14.7. The largest absolute Gasteiger partial charge is 0.515 e. The fourth-order valence-corrected chi connectivity index (χ4v) is 8.40. The molecule has 1 amide bonds. The molecule has 1 aromatic carbocycles. The molecule has 5 rings (SSSR count). The number of nitrogens with one attached hydrogen (secondary N) is 1. The average Bonchev–Trinajstić information content (AvgIpc) is 3.35. The predicted molar refractivity (Wildman–Crippen MR) is 151 cm³/mol. The molecule has 2 fully saturated rings. The van der Waals surface area contributed by atoms with Gasteiger partial charge in [-0.05, 0) is 97.3 Å². The minimum absolute atomic E-state index is 0.0547. The molecule has 0 aliphatic heterocycles. The van der Waals surface area contributed by atoms with Gasteiger partial charge in [-0.25, -0.2) is 4.98 Å². The van der Waals surface area contributed by atoms with Gasteiger partial charge < -0.3 is 15.5 Å². The standard InChI is InChI=1S/C31H40N2O4S/c1-17-15-32-29(38-17)33-26(36)8-6-7-20-23(16-34)28(37)31(5)12-11-19-21(27(20)31)10-9-18-13-25(35)24(14-22(18)19)30(2,3)4/h13-16,19-21,27,34-35H,6-12H2,1-5H3,(H,32,33,36)/b23-16-/t19?,20-,21?,27?,31+/m1/s1. The summed E-state index contributed by atoms with van der Waals surface area (Å²) in [6.45, 7) is 10.4. The van der Waals surface area contributed by atoms with Crippen molar-refractivity contribution in [3.8, 4) is 5.75 Å². The van der Waals surface area contributed by atoms with Crippen LogP contribution in [0.4, 0.5) is 5.13 Å². The first-order valence-electron chi connectivity index (χ1n) is 13.9. The third-order valence-corrected chi connectivity index (χ3v) is 10.3. The van der Waals surface area contributed by atoms with Crippen molar-refractivity contribution in [1.29, 1.82) is 0 Å². The second-order valence-corrected chi connectivity index (χ2v) is 14.1. The van der Waals surface area contributed by atoms with Crippen LogP contribution in [0.5, 0.6) is 5.75 Å². The zero-order chi connectivity index (χ0) is 27.4. The number of phenolic OH excluding ortho intramolecular Hbond substituents is 1. The molecule has 2 aromatic rings. The summed E-state index contributed by atoms with van der Waals surface area (Å²) < 4.78 is 0. The smallest absolute Gasteiger partial charge is 0.226 e. The zero-order valence-electron chi connectivity index (χ0n) is 23.1. The molecule has 0 bridgehead atoms. The fraction of sp³-hybridized carbons (Fsp3) is 0.581. The summed E-state index contributed by atoms with van der Waals surface area (Å²) in [4.78, 5) is 31.5. The Morgan fingerprint density at radius 3 is 2.71 bits per heavy atom. The number of fused-ring (bicyclic) bond motifs is 5. The predicted octanol–water partition coefficient (Wildman–Crippen LogP) is 6.97. The molecule has 38 heavy (non-hydrogen) atoms. The summed E-state index contributed by atoms with van der Waals surface area (Å²) >= 11 is 1.46. The van der Waals surface area contributed by atoms with Gasteiger partial charge >= 0.3 is 0 Å². The van der Waals surface area contributed by atoms with Crippen LogP contribution in [-0.2, 0) is 21.4 Å². The van der Waals surface area contributed by atoms with Crippen molar-refractivity contribution in [2.24, 2.45) is 23.2 Å². The summed E-state index contributed by atoms with van der Waals surface area (Å²) in [5, 5.41) is 24.4. The lowest BCUT2D eigenvalue weighted by Crippen LogP contribution is -2.44. The highest BCUT2D eigenvalue weighted by molar-refractivity contribution is 7.15. The highest BCUT2D eigenvalue weighted by Crippen LogP contribution is 2.63. The van der Waals surface area contributed by atoms with Gasteiger partial charge in [-0.15, -0.1) is 11.3 Å². The van der Waals surface area contributed by atoms with Crippen LogP contribution in [0.25, 0.3) is 0 Å². The number of aliphatic hydroxyl groups is 1. The van der Waals surface area contributed by atoms with E-state index in [1.54, 1.807) is 6.20 Å². The van der Waals surface area contributed by atoms with Crippen LogP contribution < -0.4 is 5.32 Å². The maximum Gasteiger partial charge on any atom is 0.226 e. The molecule has 6 nitrogen and oxygen atoms in total. The Balaban J connectivity index is 1.39. The van der Waals surface area contributed by atoms with Crippen LogP contribution in [0.1, 0.15) is 93.7 Å². The molecule has 3 N–H and O–H groups in total. The Hall–Kier alpha value is -2.67. The summed E-state index contributed by atoms with van der Waals surface area (Å²) in [7, 11) is 0. The summed E-state index contributed by atoms with van der Waals surface area (Å²) in [5.74, 6) is 1.14. The maximum atomic E-state index is 13.6. The number of hydrogen-bond donors (Lipinski definition) is 3. The number of carbonyl (C=O) groups is 2. The van der Waals surface area contributed by atoms with Crippen molar-refractivity contribution in [3.05, 3.63) is 51.7 Å². The Morgan fingerprint density at radius 2 is 2.05 bits per heavy atom. The number of rotatable bonds is 5. The number of anilines is 1.